The van der Waals surface area contributed by atoms with Gasteiger partial charge in [0.2, 0.25) is 5.91 Å². The van der Waals surface area contributed by atoms with Gasteiger partial charge in [0.25, 0.3) is 5.91 Å². The molecule has 33 heavy (non-hydrogen) atoms. The van der Waals surface area contributed by atoms with Crippen LogP contribution in [0.15, 0.2) is 79.4 Å². The first-order chi connectivity index (χ1) is 16.0. The predicted molar refractivity (Wildman–Crippen MR) is 127 cm³/mol. The summed E-state index contributed by atoms with van der Waals surface area (Å²) in [6.07, 6.45) is 0. The second kappa shape index (κ2) is 9.61. The Morgan fingerprint density at radius 1 is 0.970 bits per heavy atom. The first kappa shape index (κ1) is 22.1. The molecule has 168 valence electrons. The van der Waals surface area contributed by atoms with Crippen LogP contribution in [0, 0.1) is 0 Å². The van der Waals surface area contributed by atoms with Gasteiger partial charge in [0.05, 0.1) is 7.11 Å². The minimum Gasteiger partial charge on any atom is -0.493 e. The standard InChI is InChI=1S/C27H26N2O4/c1-18-22-11-7-8-12-23(22)27(31)29(18)19(2)26(30)28-16-21-13-14-24(25(15-21)32-3)33-17-20-9-5-4-6-10-20/h4-15,19H,1,16-17H2,2-3H3,(H,28,30)/t19-/m1/s1. The highest BCUT2D eigenvalue weighted by molar-refractivity contribution is 6.10. The second-order valence-electron chi connectivity index (χ2n) is 7.82. The number of amides is 2. The molecule has 2 amide bonds. The van der Waals surface area contributed by atoms with Crippen LogP contribution in [0.2, 0.25) is 0 Å². The third-order valence-electron chi connectivity index (χ3n) is 5.68. The van der Waals surface area contributed by atoms with Crippen LogP contribution in [0.25, 0.3) is 5.70 Å². The van der Waals surface area contributed by atoms with Crippen LogP contribution in [0.3, 0.4) is 0 Å². The number of fused-ring (bicyclic) bond motifs is 1. The molecule has 0 aromatic heterocycles. The van der Waals surface area contributed by atoms with Crippen LogP contribution in [-0.2, 0) is 17.9 Å². The van der Waals surface area contributed by atoms with Gasteiger partial charge in [-0.3, -0.25) is 14.5 Å². The van der Waals surface area contributed by atoms with Crippen molar-refractivity contribution in [3.05, 3.63) is 102 Å². The lowest BCUT2D eigenvalue weighted by molar-refractivity contribution is -0.124. The number of hydrogen-bond donors (Lipinski definition) is 1. The van der Waals surface area contributed by atoms with Crippen molar-refractivity contribution in [2.24, 2.45) is 0 Å². The maximum absolute atomic E-state index is 12.8. The number of rotatable bonds is 8. The Kier molecular flexibility index (Phi) is 6.45. The molecule has 0 fully saturated rings. The van der Waals surface area contributed by atoms with Gasteiger partial charge in [0, 0.05) is 23.4 Å². The zero-order valence-corrected chi connectivity index (χ0v) is 18.7. The van der Waals surface area contributed by atoms with Crippen molar-refractivity contribution in [2.45, 2.75) is 26.1 Å². The second-order valence-corrected chi connectivity index (χ2v) is 7.82. The molecule has 0 saturated carbocycles. The van der Waals surface area contributed by atoms with Crippen molar-refractivity contribution in [2.75, 3.05) is 7.11 Å². The van der Waals surface area contributed by atoms with E-state index in [2.05, 4.69) is 11.9 Å². The molecule has 0 spiro atoms. The smallest absolute Gasteiger partial charge is 0.259 e. The van der Waals surface area contributed by atoms with Crippen LogP contribution in [0.4, 0.5) is 0 Å². The number of carbonyl (C=O) groups excluding carboxylic acids is 2. The summed E-state index contributed by atoms with van der Waals surface area (Å²) >= 11 is 0. The van der Waals surface area contributed by atoms with Crippen molar-refractivity contribution < 1.29 is 19.1 Å². The summed E-state index contributed by atoms with van der Waals surface area (Å²) in [5, 5.41) is 2.90. The SMILES string of the molecule is C=C1c2ccccc2C(=O)N1[C@H](C)C(=O)NCc1ccc(OCc2ccccc2)c(OC)c1. The molecule has 0 saturated heterocycles. The molecular formula is C27H26N2O4. The number of nitrogens with one attached hydrogen (secondary N) is 1. The normalized spacial score (nSPS) is 13.5. The maximum atomic E-state index is 12.8. The molecule has 1 aliphatic heterocycles. The molecule has 1 atom stereocenters. The fourth-order valence-electron chi connectivity index (χ4n) is 3.84. The van der Waals surface area contributed by atoms with Gasteiger partial charge in [-0.15, -0.1) is 0 Å². The average molecular weight is 443 g/mol. The number of benzene rings is 3. The van der Waals surface area contributed by atoms with E-state index >= 15 is 0 Å². The van der Waals surface area contributed by atoms with Crippen molar-refractivity contribution in [1.29, 1.82) is 0 Å². The van der Waals surface area contributed by atoms with Gasteiger partial charge in [-0.1, -0.05) is 61.2 Å². The van der Waals surface area contributed by atoms with Crippen LogP contribution in [0.5, 0.6) is 11.5 Å². The lowest BCUT2D eigenvalue weighted by Gasteiger charge is -2.24. The summed E-state index contributed by atoms with van der Waals surface area (Å²) in [6, 6.07) is 22.0. The summed E-state index contributed by atoms with van der Waals surface area (Å²) in [6.45, 7) is 6.44. The number of ether oxygens (including phenoxy) is 2. The van der Waals surface area contributed by atoms with E-state index < -0.39 is 6.04 Å². The number of carbonyl (C=O) groups is 2. The molecule has 3 aromatic rings. The summed E-state index contributed by atoms with van der Waals surface area (Å²) in [5.41, 5.74) is 3.79. The van der Waals surface area contributed by atoms with Crippen molar-refractivity contribution in [1.82, 2.24) is 10.2 Å². The molecule has 0 bridgehead atoms. The van der Waals surface area contributed by atoms with Gasteiger partial charge >= 0.3 is 0 Å². The molecular weight excluding hydrogens is 416 g/mol. The third kappa shape index (κ3) is 4.60. The molecule has 0 radical (unpaired) electrons. The van der Waals surface area contributed by atoms with Crippen LogP contribution >= 0.6 is 0 Å². The zero-order chi connectivity index (χ0) is 23.4. The van der Waals surface area contributed by atoms with Crippen molar-refractivity contribution >= 4 is 17.5 Å². The van der Waals surface area contributed by atoms with Crippen LogP contribution in [0.1, 0.15) is 34.0 Å². The van der Waals surface area contributed by atoms with Gasteiger partial charge in [-0.05, 0) is 36.2 Å². The topological polar surface area (TPSA) is 67.9 Å². The highest BCUT2D eigenvalue weighted by Crippen LogP contribution is 2.33. The highest BCUT2D eigenvalue weighted by atomic mass is 16.5. The lowest BCUT2D eigenvalue weighted by Crippen LogP contribution is -2.44. The molecule has 6 heteroatoms. The molecule has 4 rings (SSSR count). The fraction of sp³-hybridized carbons (Fsp3) is 0.185. The Labute approximate surface area is 193 Å². The summed E-state index contributed by atoms with van der Waals surface area (Å²) in [5.74, 6) is 0.742. The first-order valence-corrected chi connectivity index (χ1v) is 10.7. The van der Waals surface area contributed by atoms with E-state index in [9.17, 15) is 9.59 Å². The van der Waals surface area contributed by atoms with Gasteiger partial charge in [0.1, 0.15) is 12.6 Å². The lowest BCUT2D eigenvalue weighted by atomic mass is 10.1. The Morgan fingerprint density at radius 2 is 1.67 bits per heavy atom. The molecule has 0 aliphatic carbocycles. The monoisotopic (exact) mass is 442 g/mol. The van der Waals surface area contributed by atoms with Crippen molar-refractivity contribution in [3.63, 3.8) is 0 Å². The van der Waals surface area contributed by atoms with E-state index in [4.69, 9.17) is 9.47 Å². The number of nitrogens with zero attached hydrogens (tertiary/aromatic N) is 1. The van der Waals surface area contributed by atoms with E-state index in [0.717, 1.165) is 16.7 Å². The van der Waals surface area contributed by atoms with E-state index in [-0.39, 0.29) is 11.8 Å². The molecule has 1 N–H and O–H groups in total. The Morgan fingerprint density at radius 3 is 2.36 bits per heavy atom. The predicted octanol–water partition coefficient (Wildman–Crippen LogP) is 4.41. The van der Waals surface area contributed by atoms with Gasteiger partial charge in [0.15, 0.2) is 11.5 Å². The van der Waals surface area contributed by atoms with Crippen molar-refractivity contribution in [3.8, 4) is 11.5 Å². The molecule has 1 heterocycles. The van der Waals surface area contributed by atoms with Gasteiger partial charge in [-0.2, -0.15) is 0 Å². The number of hydrogen-bond acceptors (Lipinski definition) is 4. The van der Waals surface area contributed by atoms with Crippen LogP contribution < -0.4 is 14.8 Å². The summed E-state index contributed by atoms with van der Waals surface area (Å²) in [4.78, 5) is 27.0. The highest BCUT2D eigenvalue weighted by Gasteiger charge is 2.36. The first-order valence-electron chi connectivity index (χ1n) is 10.7. The molecule has 6 nitrogen and oxygen atoms in total. The van der Waals surface area contributed by atoms with Gasteiger partial charge < -0.3 is 14.8 Å². The van der Waals surface area contributed by atoms with Crippen LogP contribution in [-0.4, -0.2) is 29.9 Å². The van der Waals surface area contributed by atoms with E-state index in [1.54, 1.807) is 26.2 Å². The Hall–Kier alpha value is -4.06. The van der Waals surface area contributed by atoms with Gasteiger partial charge in [-0.25, -0.2) is 0 Å². The summed E-state index contributed by atoms with van der Waals surface area (Å²) in [7, 11) is 1.58. The van der Waals surface area contributed by atoms with E-state index in [1.165, 1.54) is 4.90 Å². The van der Waals surface area contributed by atoms with E-state index in [0.29, 0.717) is 35.9 Å². The number of methoxy groups -OCH3 is 1. The molecule has 1 aliphatic rings. The zero-order valence-electron chi connectivity index (χ0n) is 18.7. The molecule has 3 aromatic carbocycles. The third-order valence-corrected chi connectivity index (χ3v) is 5.68. The average Bonchev–Trinajstić information content (AvgIpc) is 3.11. The minimum atomic E-state index is -0.687. The summed E-state index contributed by atoms with van der Waals surface area (Å²) < 4.78 is 11.4. The fourth-order valence-corrected chi connectivity index (χ4v) is 3.84. The quantitative estimate of drug-likeness (QED) is 0.561. The largest absolute Gasteiger partial charge is 0.493 e. The molecule has 0 unspecified atom stereocenters. The Bertz CT molecular complexity index is 1150. The maximum Gasteiger partial charge on any atom is 0.259 e. The Balaban J connectivity index is 1.38. The minimum absolute atomic E-state index is 0.208. The van der Waals surface area contributed by atoms with E-state index in [1.807, 2.05) is 60.7 Å².